The number of carboxylic acid groups (broad SMARTS) is 1. The summed E-state index contributed by atoms with van der Waals surface area (Å²) in [5.74, 6) is -1.64. The van der Waals surface area contributed by atoms with Crippen LogP contribution in [0.3, 0.4) is 0 Å². The standard InChI is InChI=1S/C13H17FN2O4/c1-8-5-9(14)7-10(6-8)15-13(19)16-11(12(17)18)3-4-20-2/h5-7,11H,3-4H2,1-2H3,(H,17,18)(H2,15,16,19). The molecule has 1 unspecified atom stereocenters. The Bertz CT molecular complexity index is 473. The summed E-state index contributed by atoms with van der Waals surface area (Å²) in [5.41, 5.74) is 0.908. The monoisotopic (exact) mass is 284 g/mol. The Labute approximate surface area is 115 Å². The zero-order valence-corrected chi connectivity index (χ0v) is 11.3. The molecule has 1 atom stereocenters. The van der Waals surface area contributed by atoms with Crippen LogP contribution in [0.15, 0.2) is 18.2 Å². The minimum atomic E-state index is -1.16. The highest BCUT2D eigenvalue weighted by molar-refractivity contribution is 5.92. The van der Waals surface area contributed by atoms with Crippen LogP contribution in [0.5, 0.6) is 0 Å². The van der Waals surface area contributed by atoms with Crippen molar-refractivity contribution in [2.75, 3.05) is 19.0 Å². The molecule has 0 aliphatic heterocycles. The normalized spacial score (nSPS) is 11.8. The van der Waals surface area contributed by atoms with E-state index in [1.165, 1.54) is 13.2 Å². The fraction of sp³-hybridized carbons (Fsp3) is 0.385. The summed E-state index contributed by atoms with van der Waals surface area (Å²) in [4.78, 5) is 22.6. The van der Waals surface area contributed by atoms with E-state index < -0.39 is 23.9 Å². The van der Waals surface area contributed by atoms with Gasteiger partial charge < -0.3 is 20.5 Å². The van der Waals surface area contributed by atoms with Gasteiger partial charge in [0, 0.05) is 25.8 Å². The molecule has 0 heterocycles. The molecule has 0 aromatic heterocycles. The maximum Gasteiger partial charge on any atom is 0.326 e. The molecule has 0 aliphatic rings. The Morgan fingerprint density at radius 2 is 2.10 bits per heavy atom. The summed E-state index contributed by atoms with van der Waals surface area (Å²) in [6.45, 7) is 1.89. The van der Waals surface area contributed by atoms with Crippen LogP contribution in [0, 0.1) is 12.7 Å². The Kier molecular flexibility index (Phi) is 5.92. The summed E-state index contributed by atoms with van der Waals surface area (Å²) in [7, 11) is 1.44. The van der Waals surface area contributed by atoms with Gasteiger partial charge in [0.15, 0.2) is 0 Å². The lowest BCUT2D eigenvalue weighted by molar-refractivity contribution is -0.139. The molecule has 3 N–H and O–H groups in total. The molecule has 0 saturated heterocycles. The predicted molar refractivity (Wildman–Crippen MR) is 71.2 cm³/mol. The van der Waals surface area contributed by atoms with Crippen molar-refractivity contribution in [1.82, 2.24) is 5.32 Å². The number of nitrogens with one attached hydrogen (secondary N) is 2. The third-order valence-corrected chi connectivity index (χ3v) is 2.51. The van der Waals surface area contributed by atoms with Crippen LogP contribution in [0.4, 0.5) is 14.9 Å². The van der Waals surface area contributed by atoms with E-state index >= 15 is 0 Å². The Morgan fingerprint density at radius 1 is 1.40 bits per heavy atom. The van der Waals surface area contributed by atoms with Crippen molar-refractivity contribution in [3.8, 4) is 0 Å². The second-order valence-electron chi connectivity index (χ2n) is 4.29. The summed E-state index contributed by atoms with van der Waals surface area (Å²) < 4.78 is 17.9. The number of carboxylic acids is 1. The van der Waals surface area contributed by atoms with Gasteiger partial charge in [-0.3, -0.25) is 0 Å². The van der Waals surface area contributed by atoms with Gasteiger partial charge in [-0.05, 0) is 30.7 Å². The molecule has 1 aromatic carbocycles. The number of aryl methyl sites for hydroxylation is 1. The molecule has 1 aromatic rings. The highest BCUT2D eigenvalue weighted by Gasteiger charge is 2.19. The van der Waals surface area contributed by atoms with Crippen LogP contribution in [-0.4, -0.2) is 36.9 Å². The minimum Gasteiger partial charge on any atom is -0.480 e. The molecular formula is C13H17FN2O4. The van der Waals surface area contributed by atoms with Crippen LogP contribution < -0.4 is 10.6 Å². The van der Waals surface area contributed by atoms with Crippen LogP contribution in [0.2, 0.25) is 0 Å². The van der Waals surface area contributed by atoms with Gasteiger partial charge in [0.2, 0.25) is 0 Å². The number of amides is 2. The van der Waals surface area contributed by atoms with E-state index in [-0.39, 0.29) is 18.7 Å². The second-order valence-corrected chi connectivity index (χ2v) is 4.29. The van der Waals surface area contributed by atoms with Gasteiger partial charge in [0.05, 0.1) is 0 Å². The van der Waals surface area contributed by atoms with E-state index in [0.717, 1.165) is 6.07 Å². The van der Waals surface area contributed by atoms with E-state index in [1.807, 2.05) is 0 Å². The third-order valence-electron chi connectivity index (χ3n) is 2.51. The number of benzene rings is 1. The summed E-state index contributed by atoms with van der Waals surface area (Å²) in [6, 6.07) is 2.27. The predicted octanol–water partition coefficient (Wildman–Crippen LogP) is 1.75. The molecule has 110 valence electrons. The molecule has 0 fully saturated rings. The highest BCUT2D eigenvalue weighted by Crippen LogP contribution is 2.13. The van der Waals surface area contributed by atoms with E-state index in [9.17, 15) is 14.0 Å². The van der Waals surface area contributed by atoms with Gasteiger partial charge in [0.25, 0.3) is 0 Å². The summed E-state index contributed by atoms with van der Waals surface area (Å²) >= 11 is 0. The van der Waals surface area contributed by atoms with Crippen molar-refractivity contribution < 1.29 is 23.8 Å². The van der Waals surface area contributed by atoms with Crippen molar-refractivity contribution in [2.45, 2.75) is 19.4 Å². The fourth-order valence-electron chi connectivity index (χ4n) is 1.63. The minimum absolute atomic E-state index is 0.140. The number of hydrogen-bond acceptors (Lipinski definition) is 3. The van der Waals surface area contributed by atoms with Crippen LogP contribution in [-0.2, 0) is 9.53 Å². The quantitative estimate of drug-likeness (QED) is 0.742. The molecule has 0 bridgehead atoms. The molecule has 0 aliphatic carbocycles. The van der Waals surface area contributed by atoms with Crippen LogP contribution >= 0.6 is 0 Å². The molecule has 0 saturated carbocycles. The number of carbonyl (C=O) groups excluding carboxylic acids is 1. The van der Waals surface area contributed by atoms with Gasteiger partial charge in [0.1, 0.15) is 11.9 Å². The van der Waals surface area contributed by atoms with Gasteiger partial charge >= 0.3 is 12.0 Å². The first-order valence-electron chi connectivity index (χ1n) is 5.99. The molecule has 0 radical (unpaired) electrons. The van der Waals surface area contributed by atoms with Gasteiger partial charge in [-0.1, -0.05) is 0 Å². The van der Waals surface area contributed by atoms with Crippen molar-refractivity contribution in [1.29, 1.82) is 0 Å². The van der Waals surface area contributed by atoms with E-state index in [4.69, 9.17) is 9.84 Å². The first-order chi connectivity index (χ1) is 9.42. The number of methoxy groups -OCH3 is 1. The molecule has 6 nitrogen and oxygen atoms in total. The molecular weight excluding hydrogens is 267 g/mol. The lowest BCUT2D eigenvalue weighted by Crippen LogP contribution is -2.43. The molecule has 1 rings (SSSR count). The summed E-state index contributed by atoms with van der Waals surface area (Å²) in [6.07, 6.45) is 0.140. The fourth-order valence-corrected chi connectivity index (χ4v) is 1.63. The number of hydrogen-bond donors (Lipinski definition) is 3. The SMILES string of the molecule is COCCC(NC(=O)Nc1cc(C)cc(F)c1)C(=O)O. The number of ether oxygens (including phenoxy) is 1. The molecule has 7 heteroatoms. The van der Waals surface area contributed by atoms with Gasteiger partial charge in [-0.2, -0.15) is 0 Å². The highest BCUT2D eigenvalue weighted by atomic mass is 19.1. The first-order valence-corrected chi connectivity index (χ1v) is 5.99. The summed E-state index contributed by atoms with van der Waals surface area (Å²) in [5, 5.41) is 13.6. The zero-order chi connectivity index (χ0) is 15.1. The third kappa shape index (κ3) is 5.23. The molecule has 0 spiro atoms. The van der Waals surface area contributed by atoms with Gasteiger partial charge in [-0.25, -0.2) is 14.0 Å². The van der Waals surface area contributed by atoms with Crippen LogP contribution in [0.25, 0.3) is 0 Å². The van der Waals surface area contributed by atoms with E-state index in [0.29, 0.717) is 5.56 Å². The average molecular weight is 284 g/mol. The topological polar surface area (TPSA) is 87.7 Å². The lowest BCUT2D eigenvalue weighted by atomic mass is 10.2. The van der Waals surface area contributed by atoms with E-state index in [1.54, 1.807) is 13.0 Å². The van der Waals surface area contributed by atoms with Crippen molar-refractivity contribution in [3.63, 3.8) is 0 Å². The Morgan fingerprint density at radius 3 is 2.65 bits per heavy atom. The number of rotatable bonds is 6. The number of aliphatic carboxylic acids is 1. The smallest absolute Gasteiger partial charge is 0.326 e. The number of carbonyl (C=O) groups is 2. The number of urea groups is 1. The first kappa shape index (κ1) is 15.9. The average Bonchev–Trinajstić information content (AvgIpc) is 2.32. The Balaban J connectivity index is 2.63. The van der Waals surface area contributed by atoms with E-state index in [2.05, 4.69) is 10.6 Å². The number of halogens is 1. The maximum absolute atomic E-state index is 13.2. The van der Waals surface area contributed by atoms with Crippen molar-refractivity contribution in [3.05, 3.63) is 29.6 Å². The number of anilines is 1. The van der Waals surface area contributed by atoms with Crippen molar-refractivity contribution >= 4 is 17.7 Å². The molecule has 2 amide bonds. The van der Waals surface area contributed by atoms with Gasteiger partial charge in [-0.15, -0.1) is 0 Å². The molecule has 20 heavy (non-hydrogen) atoms. The maximum atomic E-state index is 13.2. The largest absolute Gasteiger partial charge is 0.480 e. The van der Waals surface area contributed by atoms with Crippen LogP contribution in [0.1, 0.15) is 12.0 Å². The zero-order valence-electron chi connectivity index (χ0n) is 11.3. The Hall–Kier alpha value is -2.15. The van der Waals surface area contributed by atoms with Crippen molar-refractivity contribution in [2.24, 2.45) is 0 Å². The lowest BCUT2D eigenvalue weighted by Gasteiger charge is -2.15. The second kappa shape index (κ2) is 7.44.